The van der Waals surface area contributed by atoms with Crippen molar-refractivity contribution < 1.29 is 0 Å². The molecule has 0 saturated heterocycles. The average Bonchev–Trinajstić information content (AvgIpc) is 2.16. The zero-order chi connectivity index (χ0) is 10.1. The summed E-state index contributed by atoms with van der Waals surface area (Å²) >= 11 is 0. The lowest BCUT2D eigenvalue weighted by molar-refractivity contribution is 0.731. The summed E-state index contributed by atoms with van der Waals surface area (Å²) in [6, 6.07) is 6.90. The minimum Gasteiger partial charge on any atom is -0.281 e. The molecule has 0 aromatic heterocycles. The lowest BCUT2D eigenvalue weighted by Gasteiger charge is -2.12. The van der Waals surface area contributed by atoms with Gasteiger partial charge < -0.3 is 0 Å². The van der Waals surface area contributed by atoms with Gasteiger partial charge in [-0.05, 0) is 36.1 Å². The molecule has 0 amide bonds. The molecule has 1 unspecified atom stereocenters. The Hall–Kier alpha value is -1.11. The Morgan fingerprint density at radius 2 is 2.14 bits per heavy atom. The second-order valence-electron chi connectivity index (χ2n) is 4.35. The van der Waals surface area contributed by atoms with Crippen LogP contribution < -0.4 is 10.6 Å². The standard InChI is InChI=1S/C13H17N/c1-9(2)11-5-4-6-13-12(11)8-7-10(3)14-13/h4-6,8-10H,7H2,1-3H3. The molecule has 0 N–H and O–H groups in total. The summed E-state index contributed by atoms with van der Waals surface area (Å²) in [7, 11) is 0. The highest BCUT2D eigenvalue weighted by Crippen LogP contribution is 2.09. The topological polar surface area (TPSA) is 12.4 Å². The van der Waals surface area contributed by atoms with Crippen LogP contribution in [-0.4, -0.2) is 6.04 Å². The molecule has 0 aliphatic carbocycles. The molecule has 74 valence electrons. The zero-order valence-electron chi connectivity index (χ0n) is 9.12. The molecule has 2 rings (SSSR count). The summed E-state index contributed by atoms with van der Waals surface area (Å²) in [6.45, 7) is 6.64. The van der Waals surface area contributed by atoms with E-state index in [0.717, 1.165) is 6.42 Å². The first-order valence-corrected chi connectivity index (χ1v) is 5.35. The third-order valence-electron chi connectivity index (χ3n) is 2.76. The van der Waals surface area contributed by atoms with E-state index in [1.54, 1.807) is 0 Å². The van der Waals surface area contributed by atoms with Gasteiger partial charge in [0.1, 0.15) is 0 Å². The molecule has 1 nitrogen and oxygen atoms in total. The molecule has 0 radical (unpaired) electrons. The van der Waals surface area contributed by atoms with E-state index in [4.69, 9.17) is 0 Å². The third-order valence-corrected chi connectivity index (χ3v) is 2.76. The Morgan fingerprint density at radius 1 is 1.36 bits per heavy atom. The van der Waals surface area contributed by atoms with Gasteiger partial charge in [-0.15, -0.1) is 0 Å². The van der Waals surface area contributed by atoms with E-state index < -0.39 is 0 Å². The Kier molecular flexibility index (Phi) is 2.40. The van der Waals surface area contributed by atoms with E-state index in [-0.39, 0.29) is 0 Å². The highest BCUT2D eigenvalue weighted by Gasteiger charge is 2.07. The fraction of sp³-hybridized carbons (Fsp3) is 0.462. The van der Waals surface area contributed by atoms with Crippen LogP contribution in [0.4, 0.5) is 0 Å². The first kappa shape index (κ1) is 9.45. The fourth-order valence-corrected chi connectivity index (χ4v) is 1.99. The van der Waals surface area contributed by atoms with Crippen molar-refractivity contribution in [2.24, 2.45) is 4.99 Å². The van der Waals surface area contributed by atoms with Crippen molar-refractivity contribution in [2.75, 3.05) is 0 Å². The molecule has 1 heterocycles. The summed E-state index contributed by atoms with van der Waals surface area (Å²) in [4.78, 5) is 4.66. The quantitative estimate of drug-likeness (QED) is 0.637. The molecule has 0 spiro atoms. The molecular formula is C13H17N. The van der Waals surface area contributed by atoms with Crippen LogP contribution in [0.25, 0.3) is 6.08 Å². The average molecular weight is 187 g/mol. The van der Waals surface area contributed by atoms with Crippen molar-refractivity contribution in [3.8, 4) is 0 Å². The van der Waals surface area contributed by atoms with Crippen molar-refractivity contribution in [2.45, 2.75) is 39.2 Å². The van der Waals surface area contributed by atoms with Crippen LogP contribution >= 0.6 is 0 Å². The number of benzene rings is 1. The zero-order valence-corrected chi connectivity index (χ0v) is 9.12. The molecule has 1 aliphatic rings. The number of hydrogen-bond acceptors (Lipinski definition) is 1. The molecule has 1 aromatic carbocycles. The Morgan fingerprint density at radius 3 is 2.86 bits per heavy atom. The maximum atomic E-state index is 4.66. The normalized spacial score (nSPS) is 19.9. The second-order valence-corrected chi connectivity index (χ2v) is 4.35. The molecule has 14 heavy (non-hydrogen) atoms. The number of hydrogen-bond donors (Lipinski definition) is 0. The van der Waals surface area contributed by atoms with Gasteiger partial charge in [0.2, 0.25) is 0 Å². The van der Waals surface area contributed by atoms with Crippen molar-refractivity contribution in [1.29, 1.82) is 0 Å². The van der Waals surface area contributed by atoms with Gasteiger partial charge in [0.15, 0.2) is 0 Å². The van der Waals surface area contributed by atoms with Crippen LogP contribution in [0.3, 0.4) is 0 Å². The van der Waals surface area contributed by atoms with Crippen LogP contribution in [0.15, 0.2) is 23.2 Å². The molecule has 0 bridgehead atoms. The third kappa shape index (κ3) is 1.59. The summed E-state index contributed by atoms with van der Waals surface area (Å²) in [5.74, 6) is 0.588. The maximum absolute atomic E-state index is 4.66. The maximum Gasteiger partial charge on any atom is 0.0649 e. The Balaban J connectivity index is 2.70. The SMILES string of the molecule is CC1CC=c2c(C(C)C)cccc2=N1. The van der Waals surface area contributed by atoms with E-state index in [1.165, 1.54) is 16.1 Å². The van der Waals surface area contributed by atoms with E-state index in [2.05, 4.69) is 50.0 Å². The lowest BCUT2D eigenvalue weighted by atomic mass is 9.98. The highest BCUT2D eigenvalue weighted by atomic mass is 14.8. The number of rotatable bonds is 1. The Bertz CT molecular complexity index is 443. The number of fused-ring (bicyclic) bond motifs is 1. The van der Waals surface area contributed by atoms with Gasteiger partial charge in [-0.1, -0.05) is 32.1 Å². The summed E-state index contributed by atoms with van der Waals surface area (Å²) in [6.07, 6.45) is 3.42. The van der Waals surface area contributed by atoms with Crippen molar-refractivity contribution in [1.82, 2.24) is 0 Å². The van der Waals surface area contributed by atoms with Crippen molar-refractivity contribution in [3.05, 3.63) is 34.3 Å². The first-order valence-electron chi connectivity index (χ1n) is 5.35. The van der Waals surface area contributed by atoms with E-state index in [1.807, 2.05) is 0 Å². The van der Waals surface area contributed by atoms with E-state index in [9.17, 15) is 0 Å². The summed E-state index contributed by atoms with van der Waals surface area (Å²) in [5, 5.41) is 2.54. The monoisotopic (exact) mass is 187 g/mol. The first-order chi connectivity index (χ1) is 6.68. The minimum absolute atomic E-state index is 0.449. The molecule has 1 heteroatoms. The molecule has 0 saturated carbocycles. The van der Waals surface area contributed by atoms with Gasteiger partial charge in [0.25, 0.3) is 0 Å². The fourth-order valence-electron chi connectivity index (χ4n) is 1.99. The van der Waals surface area contributed by atoms with Gasteiger partial charge in [0.05, 0.1) is 11.4 Å². The Labute approximate surface area is 85.2 Å². The van der Waals surface area contributed by atoms with Crippen molar-refractivity contribution >= 4 is 6.08 Å². The van der Waals surface area contributed by atoms with Gasteiger partial charge in [-0.3, -0.25) is 4.99 Å². The van der Waals surface area contributed by atoms with Crippen LogP contribution in [0, 0.1) is 0 Å². The largest absolute Gasteiger partial charge is 0.281 e. The molecule has 1 atom stereocenters. The molecular weight excluding hydrogens is 170 g/mol. The smallest absolute Gasteiger partial charge is 0.0649 e. The van der Waals surface area contributed by atoms with Crippen LogP contribution in [0.1, 0.15) is 38.7 Å². The lowest BCUT2D eigenvalue weighted by Crippen LogP contribution is -2.33. The highest BCUT2D eigenvalue weighted by molar-refractivity contribution is 5.33. The van der Waals surface area contributed by atoms with Crippen molar-refractivity contribution in [3.63, 3.8) is 0 Å². The van der Waals surface area contributed by atoms with Gasteiger partial charge in [0, 0.05) is 0 Å². The summed E-state index contributed by atoms with van der Waals surface area (Å²) < 4.78 is 0. The number of nitrogens with zero attached hydrogens (tertiary/aromatic N) is 1. The van der Waals surface area contributed by atoms with Crippen LogP contribution in [0.5, 0.6) is 0 Å². The summed E-state index contributed by atoms with van der Waals surface area (Å²) in [5.41, 5.74) is 1.43. The predicted molar refractivity (Wildman–Crippen MR) is 59.9 cm³/mol. The van der Waals surface area contributed by atoms with Crippen LogP contribution in [-0.2, 0) is 0 Å². The van der Waals surface area contributed by atoms with E-state index in [0.29, 0.717) is 12.0 Å². The second kappa shape index (κ2) is 3.56. The minimum atomic E-state index is 0.449. The van der Waals surface area contributed by atoms with Gasteiger partial charge in [-0.2, -0.15) is 0 Å². The predicted octanol–water partition coefficient (Wildman–Crippen LogP) is 2.00. The van der Waals surface area contributed by atoms with Gasteiger partial charge in [-0.25, -0.2) is 0 Å². The molecule has 1 aromatic rings. The molecule has 1 aliphatic heterocycles. The van der Waals surface area contributed by atoms with Crippen LogP contribution in [0.2, 0.25) is 0 Å². The molecule has 0 fully saturated rings. The van der Waals surface area contributed by atoms with E-state index >= 15 is 0 Å². The van der Waals surface area contributed by atoms with Gasteiger partial charge >= 0.3 is 0 Å².